The zero-order chi connectivity index (χ0) is 21.3. The summed E-state index contributed by atoms with van der Waals surface area (Å²) in [7, 11) is 0. The van der Waals surface area contributed by atoms with Gasteiger partial charge >= 0.3 is 11.4 Å². The van der Waals surface area contributed by atoms with Gasteiger partial charge in [0.05, 0.1) is 12.2 Å². The molecule has 3 aliphatic rings. The van der Waals surface area contributed by atoms with Crippen LogP contribution in [0.3, 0.4) is 0 Å². The van der Waals surface area contributed by atoms with E-state index in [4.69, 9.17) is 16.3 Å². The van der Waals surface area contributed by atoms with Gasteiger partial charge in [-0.15, -0.1) is 0 Å². The van der Waals surface area contributed by atoms with Crippen LogP contribution in [-0.2, 0) is 6.54 Å². The van der Waals surface area contributed by atoms with Crippen LogP contribution in [0.1, 0.15) is 37.3 Å². The third-order valence-electron chi connectivity index (χ3n) is 6.70. The van der Waals surface area contributed by atoms with Gasteiger partial charge in [-0.2, -0.15) is 0 Å². The molecule has 8 heteroatoms. The Kier molecular flexibility index (Phi) is 3.84. The van der Waals surface area contributed by atoms with Crippen LogP contribution in [0.2, 0.25) is 5.02 Å². The molecule has 7 nitrogen and oxygen atoms in total. The minimum atomic E-state index is -0.505. The number of fused-ring (bicyclic) bond motifs is 6. The average molecular weight is 438 g/mol. The average Bonchev–Trinajstić information content (AvgIpc) is 3.32. The number of hydrogen-bond acceptors (Lipinski definition) is 4. The Balaban J connectivity index is 1.61. The molecule has 1 fully saturated rings. The van der Waals surface area contributed by atoms with Crippen LogP contribution < -0.4 is 16.1 Å². The number of halogens is 1. The van der Waals surface area contributed by atoms with E-state index in [1.807, 2.05) is 6.08 Å². The van der Waals surface area contributed by atoms with Crippen LogP contribution in [0, 0.1) is 0 Å². The molecule has 1 aromatic heterocycles. The highest BCUT2D eigenvalue weighted by Gasteiger charge is 2.50. The molecule has 1 spiro atoms. The lowest BCUT2D eigenvalue weighted by atomic mass is 9.79. The summed E-state index contributed by atoms with van der Waals surface area (Å²) in [5.74, 6) is 0.676. The highest BCUT2D eigenvalue weighted by molar-refractivity contribution is 6.30. The molecule has 2 aliphatic heterocycles. The van der Waals surface area contributed by atoms with Gasteiger partial charge in [-0.25, -0.2) is 23.5 Å². The van der Waals surface area contributed by atoms with Gasteiger partial charge in [-0.05, 0) is 62.1 Å². The van der Waals surface area contributed by atoms with Crippen LogP contribution in [-0.4, -0.2) is 24.6 Å². The van der Waals surface area contributed by atoms with Crippen molar-refractivity contribution >= 4 is 11.6 Å². The molecule has 0 saturated heterocycles. The maximum Gasteiger partial charge on any atom is 0.352 e. The molecular formula is C23H20ClN3O4. The largest absolute Gasteiger partial charge is 0.508 e. The summed E-state index contributed by atoms with van der Waals surface area (Å²) in [6, 6.07) is 11.2. The van der Waals surface area contributed by atoms with Gasteiger partial charge in [0.2, 0.25) is 0 Å². The molecule has 3 aromatic rings. The van der Waals surface area contributed by atoms with Crippen molar-refractivity contribution in [2.45, 2.75) is 43.9 Å². The second-order valence-electron chi connectivity index (χ2n) is 8.39. The maximum absolute atomic E-state index is 13.6. The van der Waals surface area contributed by atoms with Crippen LogP contribution in [0.15, 0.2) is 63.7 Å². The number of aromatic nitrogens is 3. The number of hydrogen-bond donors (Lipinski definition) is 1. The van der Waals surface area contributed by atoms with Gasteiger partial charge in [-0.1, -0.05) is 17.7 Å². The first-order valence-corrected chi connectivity index (χ1v) is 10.8. The normalized spacial score (nSPS) is 20.5. The van der Waals surface area contributed by atoms with Gasteiger partial charge in [0.25, 0.3) is 0 Å². The molecule has 1 unspecified atom stereocenters. The number of rotatable bonds is 1. The molecule has 1 saturated carbocycles. The smallest absolute Gasteiger partial charge is 0.352 e. The fourth-order valence-corrected chi connectivity index (χ4v) is 5.45. The fraction of sp³-hybridized carbons (Fsp3) is 0.304. The van der Waals surface area contributed by atoms with Crippen LogP contribution in [0.25, 0.3) is 5.69 Å². The molecule has 2 aromatic carbocycles. The van der Waals surface area contributed by atoms with Gasteiger partial charge in [0.1, 0.15) is 23.1 Å². The van der Waals surface area contributed by atoms with Crippen LogP contribution >= 0.6 is 11.6 Å². The molecule has 1 N–H and O–H groups in total. The van der Waals surface area contributed by atoms with Crippen molar-refractivity contribution in [3.63, 3.8) is 0 Å². The number of phenolic OH excluding ortho intramolecular Hbond substituents is 1. The molecule has 0 amide bonds. The summed E-state index contributed by atoms with van der Waals surface area (Å²) in [6.07, 6.45) is 5.80. The Morgan fingerprint density at radius 1 is 1.03 bits per heavy atom. The van der Waals surface area contributed by atoms with Crippen molar-refractivity contribution < 1.29 is 9.84 Å². The highest BCUT2D eigenvalue weighted by Crippen LogP contribution is 2.52. The van der Waals surface area contributed by atoms with E-state index in [-0.39, 0.29) is 5.75 Å². The van der Waals surface area contributed by atoms with Gasteiger partial charge in [0.15, 0.2) is 0 Å². The lowest BCUT2D eigenvalue weighted by Crippen LogP contribution is -2.48. The predicted octanol–water partition coefficient (Wildman–Crippen LogP) is 3.39. The molecule has 1 aliphatic carbocycles. The van der Waals surface area contributed by atoms with Gasteiger partial charge in [0, 0.05) is 22.2 Å². The number of allylic oxidation sites excluding steroid dienone is 1. The SMILES string of the molecule is O=c1n(-c2ccc(Cl)cc2)c(=O)n2n1CC=C1C2c2ccc(O)cc2OC12CCCC2. The molecule has 31 heavy (non-hydrogen) atoms. The number of phenols is 1. The first-order chi connectivity index (χ1) is 15.0. The summed E-state index contributed by atoms with van der Waals surface area (Å²) in [5, 5.41) is 10.6. The lowest BCUT2D eigenvalue weighted by Gasteiger charge is -2.44. The Labute approximate surface area is 182 Å². The van der Waals surface area contributed by atoms with E-state index in [1.54, 1.807) is 47.1 Å². The first kappa shape index (κ1) is 18.6. The van der Waals surface area contributed by atoms with E-state index in [9.17, 15) is 14.7 Å². The molecule has 0 bridgehead atoms. The van der Waals surface area contributed by atoms with Crippen LogP contribution in [0.5, 0.6) is 11.5 Å². The van der Waals surface area contributed by atoms with Gasteiger partial charge < -0.3 is 9.84 Å². The maximum atomic E-state index is 13.6. The highest BCUT2D eigenvalue weighted by atomic mass is 35.5. The fourth-order valence-electron chi connectivity index (χ4n) is 5.33. The molecule has 1 atom stereocenters. The number of ether oxygens (including phenoxy) is 1. The first-order valence-electron chi connectivity index (χ1n) is 10.4. The molecule has 158 valence electrons. The summed E-state index contributed by atoms with van der Waals surface area (Å²) >= 11 is 5.99. The zero-order valence-corrected chi connectivity index (χ0v) is 17.4. The van der Waals surface area contributed by atoms with E-state index in [1.165, 1.54) is 9.25 Å². The Bertz CT molecular complexity index is 1360. The molecule has 3 heterocycles. The number of aromatic hydroxyl groups is 1. The minimum Gasteiger partial charge on any atom is -0.508 e. The van der Waals surface area contributed by atoms with E-state index < -0.39 is 23.0 Å². The summed E-state index contributed by atoms with van der Waals surface area (Å²) < 4.78 is 10.7. The van der Waals surface area contributed by atoms with E-state index in [2.05, 4.69) is 0 Å². The Morgan fingerprint density at radius 3 is 2.52 bits per heavy atom. The second kappa shape index (κ2) is 6.40. The van der Waals surface area contributed by atoms with Crippen molar-refractivity contribution in [2.75, 3.05) is 0 Å². The zero-order valence-electron chi connectivity index (χ0n) is 16.6. The quantitative estimate of drug-likeness (QED) is 0.592. The predicted molar refractivity (Wildman–Crippen MR) is 115 cm³/mol. The minimum absolute atomic E-state index is 0.110. The second-order valence-corrected chi connectivity index (χ2v) is 8.83. The Hall–Kier alpha value is -3.19. The number of nitrogens with zero attached hydrogens (tertiary/aromatic N) is 3. The van der Waals surface area contributed by atoms with Crippen molar-refractivity contribution in [1.29, 1.82) is 0 Å². The molecule has 0 radical (unpaired) electrons. The topological polar surface area (TPSA) is 78.4 Å². The third-order valence-corrected chi connectivity index (χ3v) is 6.95. The third kappa shape index (κ3) is 2.53. The lowest BCUT2D eigenvalue weighted by molar-refractivity contribution is 0.0831. The monoisotopic (exact) mass is 437 g/mol. The molecule has 6 rings (SSSR count). The summed E-state index contributed by atoms with van der Waals surface area (Å²) in [6.45, 7) is 0.305. The van der Waals surface area contributed by atoms with Crippen molar-refractivity contribution in [3.8, 4) is 17.2 Å². The standard InChI is InChI=1S/C23H20ClN3O4/c24-14-3-5-15(6-4-14)26-21(29)25-12-9-18-20(27(25)22(26)30)17-8-7-16(28)13-19(17)31-23(18)10-1-2-11-23/h3-9,13,20,28H,1-2,10-12H2. The summed E-state index contributed by atoms with van der Waals surface area (Å²) in [5.41, 5.74) is 0.967. The van der Waals surface area contributed by atoms with Crippen molar-refractivity contribution in [1.82, 2.24) is 13.9 Å². The van der Waals surface area contributed by atoms with E-state index in [0.29, 0.717) is 23.0 Å². The van der Waals surface area contributed by atoms with Gasteiger partial charge in [-0.3, -0.25) is 0 Å². The van der Waals surface area contributed by atoms with E-state index in [0.717, 1.165) is 36.8 Å². The van der Waals surface area contributed by atoms with E-state index >= 15 is 0 Å². The Morgan fingerprint density at radius 2 is 1.77 bits per heavy atom. The summed E-state index contributed by atoms with van der Waals surface area (Å²) in [4.78, 5) is 26.9. The number of benzene rings is 2. The molecular weight excluding hydrogens is 418 g/mol. The van der Waals surface area contributed by atoms with Crippen molar-refractivity contribution in [2.24, 2.45) is 0 Å². The van der Waals surface area contributed by atoms with Crippen molar-refractivity contribution in [3.05, 3.63) is 85.7 Å². The van der Waals surface area contributed by atoms with Crippen LogP contribution in [0.4, 0.5) is 0 Å².